The molecule has 1 aliphatic heterocycles. The molecule has 0 aliphatic carbocycles. The molecule has 0 aromatic carbocycles. The minimum atomic E-state index is -0.347. The van der Waals surface area contributed by atoms with Crippen LogP contribution in [-0.2, 0) is 19.1 Å². The molecule has 1 saturated heterocycles. The number of carbonyl (C=O) groups excluding carboxylic acids is 2. The summed E-state index contributed by atoms with van der Waals surface area (Å²) >= 11 is 0. The fraction of sp³-hybridized carbons (Fsp3) is 0.636. The second-order valence-corrected chi connectivity index (χ2v) is 3.89. The molecule has 0 bridgehead atoms. The lowest BCUT2D eigenvalue weighted by Crippen LogP contribution is -2.25. The molecule has 1 rings (SSSR count). The van der Waals surface area contributed by atoms with Crippen LogP contribution in [0.15, 0.2) is 12.2 Å². The number of methoxy groups -OCH3 is 2. The van der Waals surface area contributed by atoms with E-state index in [0.29, 0.717) is 5.57 Å². The van der Waals surface area contributed by atoms with Gasteiger partial charge in [0.15, 0.2) is 0 Å². The lowest BCUT2D eigenvalue weighted by molar-refractivity contribution is -0.144. The van der Waals surface area contributed by atoms with Gasteiger partial charge >= 0.3 is 11.9 Å². The molecule has 2 atom stereocenters. The lowest BCUT2D eigenvalue weighted by atomic mass is 10.2. The van der Waals surface area contributed by atoms with Crippen molar-refractivity contribution in [1.29, 1.82) is 0 Å². The molecule has 0 aromatic rings. The van der Waals surface area contributed by atoms with Crippen molar-refractivity contribution in [3.63, 3.8) is 0 Å². The Morgan fingerprint density at radius 1 is 1.31 bits per heavy atom. The molecule has 0 spiro atoms. The molecule has 16 heavy (non-hydrogen) atoms. The molecule has 0 N–H and O–H groups in total. The third kappa shape index (κ3) is 3.66. The Bertz CT molecular complexity index is 300. The predicted octanol–water partition coefficient (Wildman–Crippen LogP) is 0.599. The number of likely N-dealkylation sites (N-methyl/N-ethyl adjacent to an activating group) is 1. The fourth-order valence-electron chi connectivity index (χ4n) is 1.04. The Hall–Kier alpha value is -1.36. The van der Waals surface area contributed by atoms with Crippen molar-refractivity contribution >= 4 is 11.9 Å². The highest BCUT2D eigenvalue weighted by Gasteiger charge is 2.52. The van der Waals surface area contributed by atoms with E-state index in [4.69, 9.17) is 0 Å². The van der Waals surface area contributed by atoms with Crippen LogP contribution in [0, 0.1) is 0 Å². The highest BCUT2D eigenvalue weighted by molar-refractivity contribution is 5.86. The molecule has 1 aliphatic rings. The standard InChI is InChI=1S/C6H11NO2.C5H8O2/c1-6(4-7(6)2)5(8)9-3;1-4(2)5(6)7-3/h4H2,1-3H3;1H2,2-3H3. The number of hydrogen-bond donors (Lipinski definition) is 0. The summed E-state index contributed by atoms with van der Waals surface area (Å²) in [6.45, 7) is 7.65. The van der Waals surface area contributed by atoms with Crippen LogP contribution in [0.3, 0.4) is 0 Å². The van der Waals surface area contributed by atoms with Crippen LogP contribution in [0.5, 0.6) is 0 Å². The molecule has 5 nitrogen and oxygen atoms in total. The van der Waals surface area contributed by atoms with Crippen molar-refractivity contribution in [3.05, 3.63) is 12.2 Å². The Labute approximate surface area is 96.0 Å². The zero-order chi connectivity index (χ0) is 12.9. The van der Waals surface area contributed by atoms with E-state index in [1.807, 2.05) is 18.9 Å². The first kappa shape index (κ1) is 14.6. The summed E-state index contributed by atoms with van der Waals surface area (Å²) in [4.78, 5) is 23.0. The first-order valence-electron chi connectivity index (χ1n) is 4.83. The zero-order valence-corrected chi connectivity index (χ0v) is 10.5. The monoisotopic (exact) mass is 229 g/mol. The Morgan fingerprint density at radius 2 is 1.75 bits per heavy atom. The van der Waals surface area contributed by atoms with Crippen LogP contribution >= 0.6 is 0 Å². The largest absolute Gasteiger partial charge is 0.468 e. The Balaban J connectivity index is 0.000000293. The van der Waals surface area contributed by atoms with E-state index in [1.54, 1.807) is 6.92 Å². The van der Waals surface area contributed by atoms with Crippen LogP contribution in [0.4, 0.5) is 0 Å². The van der Waals surface area contributed by atoms with Gasteiger partial charge in [-0.2, -0.15) is 0 Å². The topological polar surface area (TPSA) is 55.6 Å². The molecular weight excluding hydrogens is 210 g/mol. The number of nitrogens with zero attached hydrogens (tertiary/aromatic N) is 1. The molecule has 0 amide bonds. The fourth-order valence-corrected chi connectivity index (χ4v) is 1.04. The smallest absolute Gasteiger partial charge is 0.332 e. The van der Waals surface area contributed by atoms with Gasteiger partial charge < -0.3 is 9.47 Å². The van der Waals surface area contributed by atoms with E-state index >= 15 is 0 Å². The quantitative estimate of drug-likeness (QED) is 0.394. The SMILES string of the molecule is C=C(C)C(=O)OC.COC(=O)C1(C)CN1C. The van der Waals surface area contributed by atoms with Crippen molar-refractivity contribution in [2.45, 2.75) is 19.4 Å². The van der Waals surface area contributed by atoms with Gasteiger partial charge in [-0.15, -0.1) is 0 Å². The summed E-state index contributed by atoms with van der Waals surface area (Å²) in [5, 5.41) is 0. The maximum absolute atomic E-state index is 10.8. The molecule has 0 radical (unpaired) electrons. The number of carbonyl (C=O) groups is 2. The van der Waals surface area contributed by atoms with Gasteiger partial charge in [-0.25, -0.2) is 4.79 Å². The van der Waals surface area contributed by atoms with Gasteiger partial charge in [-0.1, -0.05) is 6.58 Å². The Morgan fingerprint density at radius 3 is 1.81 bits per heavy atom. The van der Waals surface area contributed by atoms with E-state index < -0.39 is 0 Å². The van der Waals surface area contributed by atoms with Gasteiger partial charge in [0.05, 0.1) is 14.2 Å². The highest BCUT2D eigenvalue weighted by atomic mass is 16.5. The van der Waals surface area contributed by atoms with E-state index in [0.717, 1.165) is 6.54 Å². The number of hydrogen-bond acceptors (Lipinski definition) is 5. The molecule has 1 fully saturated rings. The first-order valence-corrected chi connectivity index (χ1v) is 4.83. The van der Waals surface area contributed by atoms with Crippen LogP contribution in [0.25, 0.3) is 0 Å². The maximum Gasteiger partial charge on any atom is 0.332 e. The van der Waals surface area contributed by atoms with Crippen LogP contribution in [0.2, 0.25) is 0 Å². The minimum Gasteiger partial charge on any atom is -0.468 e. The highest BCUT2D eigenvalue weighted by Crippen LogP contribution is 2.29. The first-order chi connectivity index (χ1) is 7.29. The lowest BCUT2D eigenvalue weighted by Gasteiger charge is -2.04. The summed E-state index contributed by atoms with van der Waals surface area (Å²) < 4.78 is 8.84. The van der Waals surface area contributed by atoms with Gasteiger partial charge in [0.2, 0.25) is 0 Å². The van der Waals surface area contributed by atoms with Crippen molar-refractivity contribution in [2.24, 2.45) is 0 Å². The van der Waals surface area contributed by atoms with Gasteiger partial charge in [-0.3, -0.25) is 9.69 Å². The number of ether oxygens (including phenoxy) is 2. The van der Waals surface area contributed by atoms with Crippen LogP contribution < -0.4 is 0 Å². The maximum atomic E-state index is 10.8. The third-order valence-corrected chi connectivity index (χ3v) is 2.44. The molecule has 92 valence electrons. The van der Waals surface area contributed by atoms with Crippen molar-refractivity contribution in [1.82, 2.24) is 4.90 Å². The van der Waals surface area contributed by atoms with Crippen LogP contribution in [0.1, 0.15) is 13.8 Å². The average Bonchev–Trinajstić information content (AvgIpc) is 2.86. The van der Waals surface area contributed by atoms with Crippen molar-refractivity contribution < 1.29 is 19.1 Å². The summed E-state index contributed by atoms with van der Waals surface area (Å²) in [6, 6.07) is 0. The van der Waals surface area contributed by atoms with E-state index in [9.17, 15) is 9.59 Å². The van der Waals surface area contributed by atoms with E-state index in [2.05, 4.69) is 16.1 Å². The molecule has 1 heterocycles. The number of rotatable bonds is 2. The van der Waals surface area contributed by atoms with E-state index in [-0.39, 0.29) is 17.5 Å². The average molecular weight is 229 g/mol. The summed E-state index contributed by atoms with van der Waals surface area (Å²) in [7, 11) is 4.65. The minimum absolute atomic E-state index is 0.134. The summed E-state index contributed by atoms with van der Waals surface area (Å²) in [5.74, 6) is -0.481. The molecule has 2 unspecified atom stereocenters. The second-order valence-electron chi connectivity index (χ2n) is 3.89. The van der Waals surface area contributed by atoms with Crippen LogP contribution in [-0.4, -0.2) is 50.2 Å². The molecule has 0 saturated carbocycles. The Kier molecular flexibility index (Phi) is 5.17. The number of esters is 2. The van der Waals surface area contributed by atoms with Crippen molar-refractivity contribution in [3.8, 4) is 0 Å². The van der Waals surface area contributed by atoms with Gasteiger partial charge in [0, 0.05) is 12.1 Å². The third-order valence-electron chi connectivity index (χ3n) is 2.44. The zero-order valence-electron chi connectivity index (χ0n) is 10.5. The molecule has 5 heteroatoms. The molecule has 0 aromatic heterocycles. The second kappa shape index (κ2) is 5.65. The van der Waals surface area contributed by atoms with Crippen molar-refractivity contribution in [2.75, 3.05) is 27.8 Å². The van der Waals surface area contributed by atoms with Gasteiger partial charge in [-0.05, 0) is 20.9 Å². The van der Waals surface area contributed by atoms with E-state index in [1.165, 1.54) is 14.2 Å². The normalized spacial score (nSPS) is 25.9. The van der Waals surface area contributed by atoms with Gasteiger partial charge in [0.25, 0.3) is 0 Å². The van der Waals surface area contributed by atoms with Gasteiger partial charge in [0.1, 0.15) is 5.54 Å². The summed E-state index contributed by atoms with van der Waals surface area (Å²) in [5.41, 5.74) is 0.122. The summed E-state index contributed by atoms with van der Waals surface area (Å²) in [6.07, 6.45) is 0. The predicted molar refractivity (Wildman–Crippen MR) is 59.9 cm³/mol. The molecular formula is C11H19NO4.